The number of fused-ring (bicyclic) bond motifs is 2. The Morgan fingerprint density at radius 2 is 1.94 bits per heavy atom. The molecular weight excluding hydrogens is 212 g/mol. The molecule has 0 spiro atoms. The summed E-state index contributed by atoms with van der Waals surface area (Å²) >= 11 is 0. The molecule has 0 aliphatic heterocycles. The van der Waals surface area contributed by atoms with Gasteiger partial charge in [-0.15, -0.1) is 0 Å². The molecule has 2 fully saturated rings. The van der Waals surface area contributed by atoms with Gasteiger partial charge in [-0.05, 0) is 38.0 Å². The minimum Gasteiger partial charge on any atom is -0.387 e. The molecule has 2 rings (SSSR count). The van der Waals surface area contributed by atoms with Crippen LogP contribution in [0.4, 0.5) is 0 Å². The van der Waals surface area contributed by atoms with Crippen molar-refractivity contribution in [3.63, 3.8) is 0 Å². The largest absolute Gasteiger partial charge is 0.387 e. The van der Waals surface area contributed by atoms with E-state index >= 15 is 0 Å². The second-order valence-corrected chi connectivity index (χ2v) is 6.08. The van der Waals surface area contributed by atoms with E-state index in [1.165, 1.54) is 44.9 Å². The summed E-state index contributed by atoms with van der Waals surface area (Å²) in [6, 6.07) is 0. The van der Waals surface area contributed by atoms with Crippen LogP contribution in [0.5, 0.6) is 0 Å². The van der Waals surface area contributed by atoms with Crippen LogP contribution in [0.25, 0.3) is 0 Å². The standard InChI is InChI=1S/C15H28O2/c1-2-3-4-5-6-7-10-17-14-11-13-8-9-15(14,16)12-13/h13-14,16H,2-12H2,1H3. The van der Waals surface area contributed by atoms with Gasteiger partial charge in [-0.3, -0.25) is 0 Å². The Kier molecular flexibility index (Phi) is 4.87. The number of unbranched alkanes of at least 4 members (excludes halogenated alkanes) is 5. The first-order valence-corrected chi connectivity index (χ1v) is 7.58. The van der Waals surface area contributed by atoms with Gasteiger partial charge in [-0.2, -0.15) is 0 Å². The predicted molar refractivity (Wildman–Crippen MR) is 70.0 cm³/mol. The van der Waals surface area contributed by atoms with Crippen molar-refractivity contribution in [3.05, 3.63) is 0 Å². The Morgan fingerprint density at radius 1 is 1.18 bits per heavy atom. The van der Waals surface area contributed by atoms with E-state index in [-0.39, 0.29) is 6.10 Å². The molecule has 2 aliphatic rings. The third kappa shape index (κ3) is 3.45. The van der Waals surface area contributed by atoms with Gasteiger partial charge in [-0.1, -0.05) is 39.0 Å². The van der Waals surface area contributed by atoms with Gasteiger partial charge in [0.15, 0.2) is 0 Å². The van der Waals surface area contributed by atoms with Crippen LogP contribution in [0, 0.1) is 5.92 Å². The molecule has 0 amide bonds. The van der Waals surface area contributed by atoms with Crippen LogP contribution in [-0.4, -0.2) is 23.4 Å². The first kappa shape index (κ1) is 13.4. The summed E-state index contributed by atoms with van der Waals surface area (Å²) in [5, 5.41) is 10.3. The molecule has 0 radical (unpaired) electrons. The molecule has 2 heteroatoms. The van der Waals surface area contributed by atoms with E-state index < -0.39 is 5.60 Å². The van der Waals surface area contributed by atoms with E-state index in [0.29, 0.717) is 0 Å². The van der Waals surface area contributed by atoms with E-state index in [4.69, 9.17) is 4.74 Å². The van der Waals surface area contributed by atoms with Gasteiger partial charge < -0.3 is 9.84 Å². The molecule has 0 aromatic heterocycles. The third-order valence-electron chi connectivity index (χ3n) is 4.59. The highest BCUT2D eigenvalue weighted by Crippen LogP contribution is 2.48. The molecule has 3 atom stereocenters. The van der Waals surface area contributed by atoms with Crippen LogP contribution >= 0.6 is 0 Å². The highest BCUT2D eigenvalue weighted by molar-refractivity contribution is 5.03. The lowest BCUT2D eigenvalue weighted by atomic mass is 9.94. The van der Waals surface area contributed by atoms with E-state index in [1.54, 1.807) is 0 Å². The van der Waals surface area contributed by atoms with Crippen molar-refractivity contribution in [2.45, 2.75) is 82.8 Å². The average Bonchev–Trinajstić information content (AvgIpc) is 2.83. The number of ether oxygens (including phenoxy) is 1. The van der Waals surface area contributed by atoms with Crippen molar-refractivity contribution in [2.24, 2.45) is 5.92 Å². The lowest BCUT2D eigenvalue weighted by Gasteiger charge is -2.29. The van der Waals surface area contributed by atoms with Crippen molar-refractivity contribution in [2.75, 3.05) is 6.61 Å². The molecule has 3 unspecified atom stereocenters. The Hall–Kier alpha value is -0.0800. The molecule has 2 bridgehead atoms. The summed E-state index contributed by atoms with van der Waals surface area (Å²) in [6.45, 7) is 3.10. The average molecular weight is 240 g/mol. The van der Waals surface area contributed by atoms with Gasteiger partial charge in [-0.25, -0.2) is 0 Å². The highest BCUT2D eigenvalue weighted by Gasteiger charge is 2.51. The number of hydrogen-bond acceptors (Lipinski definition) is 2. The summed E-state index contributed by atoms with van der Waals surface area (Å²) in [5.41, 5.74) is -0.452. The zero-order valence-electron chi connectivity index (χ0n) is 11.3. The molecule has 2 aliphatic carbocycles. The van der Waals surface area contributed by atoms with Gasteiger partial charge in [0.2, 0.25) is 0 Å². The monoisotopic (exact) mass is 240 g/mol. The van der Waals surface area contributed by atoms with Gasteiger partial charge in [0.05, 0.1) is 11.7 Å². The minimum atomic E-state index is -0.452. The number of hydrogen-bond donors (Lipinski definition) is 1. The maximum atomic E-state index is 10.3. The minimum absolute atomic E-state index is 0.150. The molecule has 1 N–H and O–H groups in total. The van der Waals surface area contributed by atoms with E-state index in [9.17, 15) is 5.11 Å². The van der Waals surface area contributed by atoms with E-state index in [2.05, 4.69) is 6.92 Å². The quantitative estimate of drug-likeness (QED) is 0.656. The summed E-state index contributed by atoms with van der Waals surface area (Å²) in [7, 11) is 0. The van der Waals surface area contributed by atoms with Gasteiger partial charge in [0.1, 0.15) is 0 Å². The third-order valence-corrected chi connectivity index (χ3v) is 4.59. The Labute approximate surface area is 106 Å². The van der Waals surface area contributed by atoms with Crippen LogP contribution in [0.2, 0.25) is 0 Å². The van der Waals surface area contributed by atoms with Crippen molar-refractivity contribution < 1.29 is 9.84 Å². The topological polar surface area (TPSA) is 29.5 Å². The van der Waals surface area contributed by atoms with E-state index in [1.807, 2.05) is 0 Å². The smallest absolute Gasteiger partial charge is 0.0911 e. The Balaban J connectivity index is 1.51. The lowest BCUT2D eigenvalue weighted by Crippen LogP contribution is -2.39. The van der Waals surface area contributed by atoms with Gasteiger partial charge in [0.25, 0.3) is 0 Å². The molecule has 100 valence electrons. The van der Waals surface area contributed by atoms with Crippen molar-refractivity contribution in [3.8, 4) is 0 Å². The maximum absolute atomic E-state index is 10.3. The first-order chi connectivity index (χ1) is 8.24. The van der Waals surface area contributed by atoms with Crippen molar-refractivity contribution in [1.82, 2.24) is 0 Å². The summed E-state index contributed by atoms with van der Waals surface area (Å²) < 4.78 is 5.90. The molecule has 0 aromatic carbocycles. The fraction of sp³-hybridized carbons (Fsp3) is 1.00. The Morgan fingerprint density at radius 3 is 2.59 bits per heavy atom. The van der Waals surface area contributed by atoms with Crippen LogP contribution in [0.15, 0.2) is 0 Å². The summed E-state index contributed by atoms with van der Waals surface area (Å²) in [5.74, 6) is 0.745. The van der Waals surface area contributed by atoms with Gasteiger partial charge >= 0.3 is 0 Å². The SMILES string of the molecule is CCCCCCCCOC1CC2CCC1(O)C2. The summed E-state index contributed by atoms with van der Waals surface area (Å²) in [6.07, 6.45) is 12.3. The molecule has 0 aromatic rings. The van der Waals surface area contributed by atoms with Crippen LogP contribution in [-0.2, 0) is 4.74 Å². The molecule has 0 heterocycles. The number of aliphatic hydroxyl groups is 1. The Bertz CT molecular complexity index is 229. The van der Waals surface area contributed by atoms with Crippen molar-refractivity contribution in [1.29, 1.82) is 0 Å². The summed E-state index contributed by atoms with van der Waals surface area (Å²) in [4.78, 5) is 0. The maximum Gasteiger partial charge on any atom is 0.0911 e. The number of rotatable bonds is 8. The fourth-order valence-electron chi connectivity index (χ4n) is 3.50. The second-order valence-electron chi connectivity index (χ2n) is 6.08. The predicted octanol–water partition coefficient (Wildman–Crippen LogP) is 3.67. The first-order valence-electron chi connectivity index (χ1n) is 7.58. The van der Waals surface area contributed by atoms with Crippen molar-refractivity contribution >= 4 is 0 Å². The molecular formula is C15H28O2. The molecule has 2 saturated carbocycles. The second kappa shape index (κ2) is 6.19. The van der Waals surface area contributed by atoms with Crippen LogP contribution in [0.1, 0.15) is 71.1 Å². The zero-order valence-corrected chi connectivity index (χ0v) is 11.3. The fourth-order valence-corrected chi connectivity index (χ4v) is 3.50. The van der Waals surface area contributed by atoms with E-state index in [0.717, 1.165) is 31.8 Å². The zero-order chi connectivity index (χ0) is 12.1. The van der Waals surface area contributed by atoms with Crippen LogP contribution in [0.3, 0.4) is 0 Å². The van der Waals surface area contributed by atoms with Crippen LogP contribution < -0.4 is 0 Å². The van der Waals surface area contributed by atoms with Gasteiger partial charge in [0, 0.05) is 6.61 Å². The molecule has 17 heavy (non-hydrogen) atoms. The normalized spacial score (nSPS) is 35.6. The molecule has 2 nitrogen and oxygen atoms in total. The lowest BCUT2D eigenvalue weighted by molar-refractivity contribution is -0.0946. The highest BCUT2D eigenvalue weighted by atomic mass is 16.5. The molecule has 0 saturated heterocycles.